The van der Waals surface area contributed by atoms with Crippen molar-refractivity contribution in [1.29, 1.82) is 0 Å². The third kappa shape index (κ3) is 2.99. The monoisotopic (exact) mass is 265 g/mol. The van der Waals surface area contributed by atoms with E-state index in [2.05, 4.69) is 21.8 Å². The first-order valence-corrected chi connectivity index (χ1v) is 7.28. The van der Waals surface area contributed by atoms with Gasteiger partial charge in [0.1, 0.15) is 5.82 Å². The number of ether oxygens (including phenoxy) is 2. The van der Waals surface area contributed by atoms with Crippen LogP contribution in [0.4, 0.5) is 0 Å². The molecular weight excluding hydrogens is 242 g/mol. The molecule has 106 valence electrons. The maximum atomic E-state index is 5.88. The van der Waals surface area contributed by atoms with Gasteiger partial charge in [-0.2, -0.15) is 0 Å². The number of hydrogen-bond acceptors (Lipinski definition) is 4. The summed E-state index contributed by atoms with van der Waals surface area (Å²) in [6.45, 7) is 7.46. The van der Waals surface area contributed by atoms with Crippen molar-refractivity contribution in [3.63, 3.8) is 0 Å². The van der Waals surface area contributed by atoms with Crippen LogP contribution >= 0.6 is 0 Å². The van der Waals surface area contributed by atoms with Gasteiger partial charge in [0, 0.05) is 26.3 Å². The molecule has 1 aromatic rings. The molecule has 0 aromatic carbocycles. The van der Waals surface area contributed by atoms with Crippen molar-refractivity contribution >= 4 is 0 Å². The van der Waals surface area contributed by atoms with Crippen LogP contribution in [0.15, 0.2) is 6.20 Å². The first kappa shape index (κ1) is 13.1. The summed E-state index contributed by atoms with van der Waals surface area (Å²) in [4.78, 5) is 4.50. The van der Waals surface area contributed by atoms with Crippen molar-refractivity contribution in [2.75, 3.05) is 26.4 Å². The molecular formula is C14H23N3O2. The highest BCUT2D eigenvalue weighted by Crippen LogP contribution is 2.19. The summed E-state index contributed by atoms with van der Waals surface area (Å²) in [6.07, 6.45) is 4.22. The van der Waals surface area contributed by atoms with Gasteiger partial charge < -0.3 is 19.4 Å². The van der Waals surface area contributed by atoms with Gasteiger partial charge >= 0.3 is 0 Å². The molecule has 0 saturated carbocycles. The van der Waals surface area contributed by atoms with E-state index in [-0.39, 0.29) is 0 Å². The van der Waals surface area contributed by atoms with Crippen LogP contribution in [0.3, 0.4) is 0 Å². The molecule has 5 nitrogen and oxygen atoms in total. The Morgan fingerprint density at radius 2 is 2.32 bits per heavy atom. The van der Waals surface area contributed by atoms with Gasteiger partial charge in [0.05, 0.1) is 31.1 Å². The Morgan fingerprint density at radius 3 is 3.16 bits per heavy atom. The Kier molecular flexibility index (Phi) is 4.15. The number of fused-ring (bicyclic) bond motifs is 1. The standard InChI is InChI=1S/C14H23N3O2/c1-11-14-16-8-13(17(14)5-4-15-11)10-19-9-12-2-6-18-7-3-12/h8,11-12,15H,2-7,9-10H2,1H3. The average molecular weight is 265 g/mol. The van der Waals surface area contributed by atoms with E-state index < -0.39 is 0 Å². The van der Waals surface area contributed by atoms with Gasteiger partial charge in [-0.1, -0.05) is 0 Å². The van der Waals surface area contributed by atoms with Crippen LogP contribution in [-0.2, 0) is 22.6 Å². The van der Waals surface area contributed by atoms with Gasteiger partial charge in [-0.15, -0.1) is 0 Å². The van der Waals surface area contributed by atoms with Crippen molar-refractivity contribution in [3.8, 4) is 0 Å². The molecule has 1 fully saturated rings. The zero-order valence-corrected chi connectivity index (χ0v) is 11.6. The Morgan fingerprint density at radius 1 is 1.47 bits per heavy atom. The van der Waals surface area contributed by atoms with Crippen LogP contribution in [0.5, 0.6) is 0 Å². The maximum Gasteiger partial charge on any atom is 0.125 e. The van der Waals surface area contributed by atoms with Crippen LogP contribution < -0.4 is 5.32 Å². The number of nitrogens with one attached hydrogen (secondary N) is 1. The SMILES string of the molecule is CC1NCCn2c(COCC3CCOCC3)cnc21. The van der Waals surface area contributed by atoms with E-state index in [0.717, 1.165) is 51.6 Å². The van der Waals surface area contributed by atoms with E-state index >= 15 is 0 Å². The molecule has 0 bridgehead atoms. The summed E-state index contributed by atoms with van der Waals surface area (Å²) in [5.74, 6) is 1.80. The number of imidazole rings is 1. The largest absolute Gasteiger partial charge is 0.381 e. The van der Waals surface area contributed by atoms with Crippen LogP contribution in [-0.4, -0.2) is 35.9 Å². The molecule has 1 aromatic heterocycles. The van der Waals surface area contributed by atoms with E-state index in [1.165, 1.54) is 5.69 Å². The summed E-state index contributed by atoms with van der Waals surface area (Å²) in [5.41, 5.74) is 1.20. The minimum Gasteiger partial charge on any atom is -0.381 e. The third-order valence-electron chi connectivity index (χ3n) is 4.09. The van der Waals surface area contributed by atoms with E-state index in [9.17, 15) is 0 Å². The zero-order valence-electron chi connectivity index (χ0n) is 11.6. The number of aromatic nitrogens is 2. The van der Waals surface area contributed by atoms with Gasteiger partial charge in [0.25, 0.3) is 0 Å². The minimum atomic E-state index is 0.345. The van der Waals surface area contributed by atoms with E-state index in [1.807, 2.05) is 6.20 Å². The average Bonchev–Trinajstić information content (AvgIpc) is 2.85. The van der Waals surface area contributed by atoms with E-state index in [1.54, 1.807) is 0 Å². The van der Waals surface area contributed by atoms with Crippen molar-refractivity contribution in [3.05, 3.63) is 17.7 Å². The number of rotatable bonds is 4. The van der Waals surface area contributed by atoms with Crippen LogP contribution in [0, 0.1) is 5.92 Å². The van der Waals surface area contributed by atoms with Crippen molar-refractivity contribution in [1.82, 2.24) is 14.9 Å². The second kappa shape index (κ2) is 6.03. The highest BCUT2D eigenvalue weighted by Gasteiger charge is 2.20. The topological polar surface area (TPSA) is 48.3 Å². The van der Waals surface area contributed by atoms with Crippen molar-refractivity contribution < 1.29 is 9.47 Å². The Hall–Kier alpha value is -0.910. The molecule has 2 aliphatic heterocycles. The molecule has 2 aliphatic rings. The smallest absolute Gasteiger partial charge is 0.125 e. The Balaban J connectivity index is 1.52. The van der Waals surface area contributed by atoms with Gasteiger partial charge in [0.2, 0.25) is 0 Å². The van der Waals surface area contributed by atoms with Gasteiger partial charge in [-0.3, -0.25) is 0 Å². The molecule has 5 heteroatoms. The lowest BCUT2D eigenvalue weighted by molar-refractivity contribution is 0.0143. The normalized spacial score (nSPS) is 24.4. The van der Waals surface area contributed by atoms with Crippen LogP contribution in [0.1, 0.15) is 37.3 Å². The fourth-order valence-corrected chi connectivity index (χ4v) is 2.87. The molecule has 0 aliphatic carbocycles. The van der Waals surface area contributed by atoms with Crippen LogP contribution in [0.2, 0.25) is 0 Å². The summed E-state index contributed by atoms with van der Waals surface area (Å²) in [6, 6.07) is 0.345. The van der Waals surface area contributed by atoms with Gasteiger partial charge in [0.15, 0.2) is 0 Å². The second-order valence-electron chi connectivity index (χ2n) is 5.51. The second-order valence-corrected chi connectivity index (χ2v) is 5.51. The minimum absolute atomic E-state index is 0.345. The molecule has 0 spiro atoms. The van der Waals surface area contributed by atoms with Crippen molar-refractivity contribution in [2.45, 2.75) is 39.0 Å². The molecule has 0 radical (unpaired) electrons. The predicted molar refractivity (Wildman–Crippen MR) is 71.8 cm³/mol. The lowest BCUT2D eigenvalue weighted by atomic mass is 10.0. The highest BCUT2D eigenvalue weighted by atomic mass is 16.5. The molecule has 3 rings (SSSR count). The summed E-state index contributed by atoms with van der Waals surface area (Å²) in [5, 5.41) is 3.42. The molecule has 1 N–H and O–H groups in total. The van der Waals surface area contributed by atoms with Crippen LogP contribution in [0.25, 0.3) is 0 Å². The molecule has 0 amide bonds. The Bertz CT molecular complexity index is 413. The lowest BCUT2D eigenvalue weighted by Crippen LogP contribution is -2.32. The number of nitrogens with zero attached hydrogens (tertiary/aromatic N) is 2. The predicted octanol–water partition coefficient (Wildman–Crippen LogP) is 1.49. The molecule has 19 heavy (non-hydrogen) atoms. The van der Waals surface area contributed by atoms with E-state index in [0.29, 0.717) is 18.6 Å². The first-order chi connectivity index (χ1) is 9.34. The summed E-state index contributed by atoms with van der Waals surface area (Å²) < 4.78 is 13.5. The van der Waals surface area contributed by atoms with Gasteiger partial charge in [-0.05, 0) is 25.7 Å². The summed E-state index contributed by atoms with van der Waals surface area (Å²) >= 11 is 0. The fraction of sp³-hybridized carbons (Fsp3) is 0.786. The first-order valence-electron chi connectivity index (χ1n) is 7.28. The molecule has 1 unspecified atom stereocenters. The lowest BCUT2D eigenvalue weighted by Gasteiger charge is -2.24. The fourth-order valence-electron chi connectivity index (χ4n) is 2.87. The highest BCUT2D eigenvalue weighted by molar-refractivity contribution is 5.09. The van der Waals surface area contributed by atoms with E-state index in [4.69, 9.17) is 9.47 Å². The van der Waals surface area contributed by atoms with Gasteiger partial charge in [-0.25, -0.2) is 4.98 Å². The molecule has 1 saturated heterocycles. The van der Waals surface area contributed by atoms with Crippen molar-refractivity contribution in [2.24, 2.45) is 5.92 Å². The summed E-state index contributed by atoms with van der Waals surface area (Å²) in [7, 11) is 0. The Labute approximate surface area is 114 Å². The zero-order chi connectivity index (χ0) is 13.1. The quantitative estimate of drug-likeness (QED) is 0.896. The maximum absolute atomic E-state index is 5.88. The molecule has 3 heterocycles. The third-order valence-corrected chi connectivity index (χ3v) is 4.09. The molecule has 1 atom stereocenters. The number of hydrogen-bond donors (Lipinski definition) is 1.